The van der Waals surface area contributed by atoms with Crippen LogP contribution in [0.2, 0.25) is 0 Å². The molecule has 2 aromatic rings. The highest BCUT2D eigenvalue weighted by Gasteiger charge is 2.30. The van der Waals surface area contributed by atoms with Crippen molar-refractivity contribution >= 4 is 11.7 Å². The largest absolute Gasteiger partial charge is 0.373 e. The van der Waals surface area contributed by atoms with E-state index in [1.807, 2.05) is 30.1 Å². The first-order chi connectivity index (χ1) is 12.3. The Bertz CT molecular complexity index is 773. The van der Waals surface area contributed by atoms with Gasteiger partial charge in [0.1, 0.15) is 11.9 Å². The molecule has 1 atom stereocenters. The van der Waals surface area contributed by atoms with Crippen LogP contribution in [0, 0.1) is 0 Å². The molecule has 7 nitrogen and oxygen atoms in total. The van der Waals surface area contributed by atoms with Crippen LogP contribution in [0.3, 0.4) is 0 Å². The summed E-state index contributed by atoms with van der Waals surface area (Å²) in [6.45, 7) is 1.60. The first kappa shape index (κ1) is 16.1. The molecule has 0 bridgehead atoms. The zero-order valence-corrected chi connectivity index (χ0v) is 14.4. The average molecular weight is 341 g/mol. The average Bonchev–Trinajstić information content (AvgIpc) is 3.11. The number of amides is 1. The molecule has 0 aromatic carbocycles. The van der Waals surface area contributed by atoms with Crippen LogP contribution in [0.4, 0.5) is 5.82 Å². The van der Waals surface area contributed by atoms with Gasteiger partial charge in [-0.05, 0) is 37.8 Å². The van der Waals surface area contributed by atoms with Gasteiger partial charge in [0.2, 0.25) is 0 Å². The van der Waals surface area contributed by atoms with E-state index in [4.69, 9.17) is 4.74 Å². The maximum atomic E-state index is 13.0. The number of aromatic amines is 1. The van der Waals surface area contributed by atoms with Gasteiger partial charge in [-0.3, -0.25) is 9.89 Å². The molecule has 132 valence electrons. The first-order valence-corrected chi connectivity index (χ1v) is 8.88. The monoisotopic (exact) mass is 341 g/mol. The third-order valence-electron chi connectivity index (χ3n) is 4.97. The summed E-state index contributed by atoms with van der Waals surface area (Å²) in [5.41, 5.74) is 3.66. The fraction of sp³-hybridized carbons (Fsp3) is 0.500. The molecule has 1 aliphatic heterocycles. The number of aromatic nitrogens is 3. The van der Waals surface area contributed by atoms with E-state index in [2.05, 4.69) is 20.5 Å². The number of aryl methyl sites for hydroxylation is 1. The van der Waals surface area contributed by atoms with Gasteiger partial charge in [-0.25, -0.2) is 4.98 Å². The normalized spacial score (nSPS) is 20.2. The van der Waals surface area contributed by atoms with Crippen molar-refractivity contribution in [2.75, 3.05) is 32.1 Å². The van der Waals surface area contributed by atoms with Crippen LogP contribution in [0.5, 0.6) is 0 Å². The minimum absolute atomic E-state index is 0.00234. The van der Waals surface area contributed by atoms with Gasteiger partial charge in [-0.15, -0.1) is 0 Å². The van der Waals surface area contributed by atoms with E-state index in [0.29, 0.717) is 25.4 Å². The Kier molecular flexibility index (Phi) is 4.40. The predicted molar refractivity (Wildman–Crippen MR) is 93.6 cm³/mol. The summed E-state index contributed by atoms with van der Waals surface area (Å²) < 4.78 is 5.86. The number of morpholine rings is 1. The zero-order chi connectivity index (χ0) is 17.2. The quantitative estimate of drug-likeness (QED) is 0.891. The Morgan fingerprint density at radius 3 is 3.12 bits per heavy atom. The molecule has 0 spiro atoms. The number of nitrogens with zero attached hydrogens (tertiary/aromatic N) is 3. The van der Waals surface area contributed by atoms with Crippen molar-refractivity contribution in [1.82, 2.24) is 20.1 Å². The van der Waals surface area contributed by atoms with Gasteiger partial charge in [-0.1, -0.05) is 6.07 Å². The third kappa shape index (κ3) is 3.11. The Morgan fingerprint density at radius 2 is 2.24 bits per heavy atom. The Labute approximate surface area is 146 Å². The number of carbonyl (C=O) groups excluding carboxylic acids is 1. The number of H-pyrrole nitrogens is 1. The van der Waals surface area contributed by atoms with Gasteiger partial charge >= 0.3 is 0 Å². The molecule has 1 unspecified atom stereocenters. The molecule has 2 N–H and O–H groups in total. The summed E-state index contributed by atoms with van der Waals surface area (Å²) in [6, 6.07) is 5.80. The van der Waals surface area contributed by atoms with Crippen LogP contribution in [-0.2, 0) is 17.6 Å². The number of carbonyl (C=O) groups is 1. The third-order valence-corrected chi connectivity index (χ3v) is 4.97. The van der Waals surface area contributed by atoms with Gasteiger partial charge in [0.25, 0.3) is 5.91 Å². The predicted octanol–water partition coefficient (Wildman–Crippen LogP) is 1.94. The van der Waals surface area contributed by atoms with Crippen LogP contribution in [0.25, 0.3) is 0 Å². The molecular weight excluding hydrogens is 318 g/mol. The standard InChI is InChI=1S/C18H23N5O2/c1-19-16-8-4-7-14(20-16)15-11-23(9-10-25-15)18(24)17-12-5-2-3-6-13(12)21-22-17/h4,7-8,15H,2-3,5-6,9-11H2,1H3,(H,19,20)(H,21,22). The van der Waals surface area contributed by atoms with Crippen LogP contribution in [0.1, 0.15) is 46.4 Å². The van der Waals surface area contributed by atoms with Crippen molar-refractivity contribution < 1.29 is 9.53 Å². The van der Waals surface area contributed by atoms with Gasteiger partial charge < -0.3 is 15.0 Å². The molecule has 1 amide bonds. The van der Waals surface area contributed by atoms with Gasteiger partial charge in [0.05, 0.1) is 18.8 Å². The topological polar surface area (TPSA) is 83.1 Å². The molecular formula is C18H23N5O2. The summed E-state index contributed by atoms with van der Waals surface area (Å²) in [5.74, 6) is 0.795. The molecule has 4 rings (SSSR count). The smallest absolute Gasteiger partial charge is 0.274 e. The summed E-state index contributed by atoms with van der Waals surface area (Å²) >= 11 is 0. The van der Waals surface area contributed by atoms with E-state index in [9.17, 15) is 4.79 Å². The van der Waals surface area contributed by atoms with Crippen molar-refractivity contribution in [2.24, 2.45) is 0 Å². The number of anilines is 1. The molecule has 1 fully saturated rings. The van der Waals surface area contributed by atoms with E-state index in [1.54, 1.807) is 0 Å². The molecule has 1 aliphatic carbocycles. The van der Waals surface area contributed by atoms with Gasteiger partial charge in [-0.2, -0.15) is 5.10 Å². The molecule has 1 saturated heterocycles. The van der Waals surface area contributed by atoms with E-state index in [-0.39, 0.29) is 12.0 Å². The number of hydrogen-bond donors (Lipinski definition) is 2. The highest BCUT2D eigenvalue weighted by atomic mass is 16.5. The second-order valence-corrected chi connectivity index (χ2v) is 6.54. The number of nitrogens with one attached hydrogen (secondary N) is 2. The van der Waals surface area contributed by atoms with Crippen molar-refractivity contribution in [3.63, 3.8) is 0 Å². The minimum Gasteiger partial charge on any atom is -0.373 e. The number of pyridine rings is 1. The van der Waals surface area contributed by atoms with Crippen LogP contribution in [-0.4, -0.2) is 52.7 Å². The SMILES string of the molecule is CNc1cccc(C2CN(C(=O)c3n[nH]c4c3CCCC4)CCO2)n1. The second-order valence-electron chi connectivity index (χ2n) is 6.54. The van der Waals surface area contributed by atoms with Crippen molar-refractivity contribution in [2.45, 2.75) is 31.8 Å². The van der Waals surface area contributed by atoms with E-state index < -0.39 is 0 Å². The van der Waals surface area contributed by atoms with Crippen molar-refractivity contribution in [3.8, 4) is 0 Å². The second kappa shape index (κ2) is 6.84. The fourth-order valence-electron chi connectivity index (χ4n) is 3.59. The summed E-state index contributed by atoms with van der Waals surface area (Å²) in [7, 11) is 1.84. The highest BCUT2D eigenvalue weighted by molar-refractivity contribution is 5.94. The van der Waals surface area contributed by atoms with Gasteiger partial charge in [0, 0.05) is 24.8 Å². The lowest BCUT2D eigenvalue weighted by molar-refractivity contribution is -0.0249. The van der Waals surface area contributed by atoms with E-state index in [1.165, 1.54) is 0 Å². The summed E-state index contributed by atoms with van der Waals surface area (Å²) in [6.07, 6.45) is 4.00. The van der Waals surface area contributed by atoms with Crippen LogP contribution < -0.4 is 5.32 Å². The molecule has 3 heterocycles. The molecule has 25 heavy (non-hydrogen) atoms. The summed E-state index contributed by atoms with van der Waals surface area (Å²) in [4.78, 5) is 19.4. The fourth-order valence-corrected chi connectivity index (χ4v) is 3.59. The summed E-state index contributed by atoms with van der Waals surface area (Å²) in [5, 5.41) is 10.4. The van der Waals surface area contributed by atoms with Crippen LogP contribution in [0.15, 0.2) is 18.2 Å². The van der Waals surface area contributed by atoms with Crippen molar-refractivity contribution in [1.29, 1.82) is 0 Å². The Morgan fingerprint density at radius 1 is 1.36 bits per heavy atom. The number of fused-ring (bicyclic) bond motifs is 1. The lowest BCUT2D eigenvalue weighted by Crippen LogP contribution is -2.43. The maximum Gasteiger partial charge on any atom is 0.274 e. The van der Waals surface area contributed by atoms with Gasteiger partial charge in [0.15, 0.2) is 5.69 Å². The molecule has 2 aromatic heterocycles. The molecule has 0 radical (unpaired) electrons. The molecule has 0 saturated carbocycles. The lowest BCUT2D eigenvalue weighted by Gasteiger charge is -2.32. The Balaban J connectivity index is 1.52. The number of hydrogen-bond acceptors (Lipinski definition) is 5. The number of rotatable bonds is 3. The van der Waals surface area contributed by atoms with Crippen LogP contribution >= 0.6 is 0 Å². The minimum atomic E-state index is -0.208. The maximum absolute atomic E-state index is 13.0. The lowest BCUT2D eigenvalue weighted by atomic mass is 9.95. The highest BCUT2D eigenvalue weighted by Crippen LogP contribution is 2.26. The van der Waals surface area contributed by atoms with E-state index >= 15 is 0 Å². The number of ether oxygens (including phenoxy) is 1. The molecule has 7 heteroatoms. The molecule has 2 aliphatic rings. The Hall–Kier alpha value is -2.41. The van der Waals surface area contributed by atoms with E-state index in [0.717, 1.165) is 48.5 Å². The first-order valence-electron chi connectivity index (χ1n) is 8.88. The zero-order valence-electron chi connectivity index (χ0n) is 14.4. The van der Waals surface area contributed by atoms with Crippen molar-refractivity contribution in [3.05, 3.63) is 40.8 Å².